The van der Waals surface area contributed by atoms with Crippen molar-refractivity contribution in [2.75, 3.05) is 17.2 Å². The van der Waals surface area contributed by atoms with Crippen LogP contribution in [0.15, 0.2) is 67.0 Å². The van der Waals surface area contributed by atoms with Crippen LogP contribution in [0.25, 0.3) is 0 Å². The fourth-order valence-electron chi connectivity index (χ4n) is 2.53. The molecule has 144 valence electrons. The summed E-state index contributed by atoms with van der Waals surface area (Å²) in [6.45, 7) is 2.08. The van der Waals surface area contributed by atoms with E-state index in [0.717, 1.165) is 5.69 Å². The van der Waals surface area contributed by atoms with Gasteiger partial charge in [0.05, 0.1) is 41.3 Å². The summed E-state index contributed by atoms with van der Waals surface area (Å²) >= 11 is 0. The zero-order valence-corrected chi connectivity index (χ0v) is 15.7. The number of ether oxygens (including phenoxy) is 1. The van der Waals surface area contributed by atoms with E-state index in [1.54, 1.807) is 67.7 Å². The van der Waals surface area contributed by atoms with Gasteiger partial charge in [0.25, 0.3) is 5.91 Å². The highest BCUT2D eigenvalue weighted by Gasteiger charge is 2.09. The molecule has 0 unspecified atom stereocenters. The molecule has 0 atom stereocenters. The van der Waals surface area contributed by atoms with Crippen LogP contribution in [0.1, 0.15) is 33.2 Å². The van der Waals surface area contributed by atoms with Crippen molar-refractivity contribution in [2.45, 2.75) is 6.92 Å². The number of benzene rings is 2. The number of pyridine rings is 1. The minimum atomic E-state index is -0.373. The first-order valence-corrected chi connectivity index (χ1v) is 8.90. The van der Waals surface area contributed by atoms with Gasteiger partial charge in [-0.3, -0.25) is 9.78 Å². The van der Waals surface area contributed by atoms with Gasteiger partial charge in [0.15, 0.2) is 0 Å². The van der Waals surface area contributed by atoms with Gasteiger partial charge in [-0.15, -0.1) is 0 Å². The Balaban J connectivity index is 1.68. The molecule has 0 saturated carbocycles. The number of amides is 1. The fourth-order valence-corrected chi connectivity index (χ4v) is 2.53. The van der Waals surface area contributed by atoms with Crippen molar-refractivity contribution in [3.63, 3.8) is 0 Å². The summed E-state index contributed by atoms with van der Waals surface area (Å²) in [6.07, 6.45) is 3.06. The maximum Gasteiger partial charge on any atom is 0.338 e. The third-order valence-electron chi connectivity index (χ3n) is 3.96. The van der Waals surface area contributed by atoms with E-state index in [1.807, 2.05) is 6.07 Å². The molecule has 0 aliphatic rings. The maximum absolute atomic E-state index is 12.5. The first kappa shape index (κ1) is 19.6. The third kappa shape index (κ3) is 5.17. The zero-order chi connectivity index (χ0) is 20.6. The van der Waals surface area contributed by atoms with Crippen LogP contribution in [0.4, 0.5) is 17.1 Å². The second kappa shape index (κ2) is 9.15. The van der Waals surface area contributed by atoms with Gasteiger partial charge in [-0.25, -0.2) is 4.79 Å². The molecule has 0 saturated heterocycles. The normalized spacial score (nSPS) is 9.93. The van der Waals surface area contributed by atoms with Crippen LogP contribution in [0.2, 0.25) is 0 Å². The molecule has 1 aromatic heterocycles. The summed E-state index contributed by atoms with van der Waals surface area (Å²) in [6, 6.07) is 17.1. The van der Waals surface area contributed by atoms with E-state index in [9.17, 15) is 9.59 Å². The van der Waals surface area contributed by atoms with Crippen molar-refractivity contribution in [3.8, 4) is 6.07 Å². The fraction of sp³-hybridized carbons (Fsp3) is 0.0909. The average Bonchev–Trinajstić information content (AvgIpc) is 2.75. The van der Waals surface area contributed by atoms with Crippen LogP contribution < -0.4 is 10.6 Å². The summed E-state index contributed by atoms with van der Waals surface area (Å²) in [5.74, 6) is -0.689. The summed E-state index contributed by atoms with van der Waals surface area (Å²) in [4.78, 5) is 28.3. The molecule has 1 heterocycles. The molecule has 1 amide bonds. The van der Waals surface area contributed by atoms with E-state index >= 15 is 0 Å². The van der Waals surface area contributed by atoms with Crippen LogP contribution in [0.5, 0.6) is 0 Å². The molecule has 0 spiro atoms. The Morgan fingerprint density at radius 1 is 0.966 bits per heavy atom. The van der Waals surface area contributed by atoms with Gasteiger partial charge in [-0.1, -0.05) is 0 Å². The van der Waals surface area contributed by atoms with Crippen LogP contribution in [-0.2, 0) is 4.74 Å². The zero-order valence-electron chi connectivity index (χ0n) is 15.7. The number of hydrogen-bond donors (Lipinski definition) is 2. The second-order valence-corrected chi connectivity index (χ2v) is 6.03. The van der Waals surface area contributed by atoms with E-state index in [0.29, 0.717) is 34.7 Å². The molecular formula is C22H18N4O3. The smallest absolute Gasteiger partial charge is 0.338 e. The number of nitriles is 1. The van der Waals surface area contributed by atoms with Crippen molar-refractivity contribution in [2.24, 2.45) is 0 Å². The molecule has 7 nitrogen and oxygen atoms in total. The number of carbonyl (C=O) groups is 2. The summed E-state index contributed by atoms with van der Waals surface area (Å²) in [5, 5.41) is 14.7. The molecule has 0 aliphatic carbocycles. The Kier molecular flexibility index (Phi) is 6.18. The van der Waals surface area contributed by atoms with Crippen LogP contribution in [0, 0.1) is 11.3 Å². The second-order valence-electron chi connectivity index (χ2n) is 6.03. The number of aromatic nitrogens is 1. The highest BCUT2D eigenvalue weighted by molar-refractivity contribution is 6.04. The Morgan fingerprint density at radius 3 is 2.31 bits per heavy atom. The number of nitrogens with zero attached hydrogens (tertiary/aromatic N) is 2. The molecule has 3 aromatic rings. The summed E-state index contributed by atoms with van der Waals surface area (Å²) < 4.78 is 4.96. The van der Waals surface area contributed by atoms with Crippen LogP contribution in [-0.4, -0.2) is 23.5 Å². The molecule has 0 aliphatic heterocycles. The molecule has 7 heteroatoms. The first-order valence-electron chi connectivity index (χ1n) is 8.90. The monoisotopic (exact) mass is 386 g/mol. The number of anilines is 3. The molecule has 0 bridgehead atoms. The van der Waals surface area contributed by atoms with Crippen LogP contribution in [0.3, 0.4) is 0 Å². The van der Waals surface area contributed by atoms with Gasteiger partial charge < -0.3 is 15.4 Å². The lowest BCUT2D eigenvalue weighted by atomic mass is 10.2. The lowest BCUT2D eigenvalue weighted by Crippen LogP contribution is -2.12. The van der Waals surface area contributed by atoms with Gasteiger partial charge in [-0.2, -0.15) is 5.26 Å². The molecule has 2 N–H and O–H groups in total. The lowest BCUT2D eigenvalue weighted by molar-refractivity contribution is 0.0526. The van der Waals surface area contributed by atoms with Crippen molar-refractivity contribution < 1.29 is 14.3 Å². The molecule has 0 fully saturated rings. The first-order chi connectivity index (χ1) is 14.1. The lowest BCUT2D eigenvalue weighted by Gasteiger charge is -2.09. The van der Waals surface area contributed by atoms with E-state index in [2.05, 4.69) is 15.6 Å². The number of hydrogen-bond acceptors (Lipinski definition) is 6. The van der Waals surface area contributed by atoms with Gasteiger partial charge in [0.1, 0.15) is 0 Å². The largest absolute Gasteiger partial charge is 0.462 e. The Labute approximate surface area is 168 Å². The van der Waals surface area contributed by atoms with E-state index in [4.69, 9.17) is 10.00 Å². The predicted octanol–water partition coefficient (Wildman–Crippen LogP) is 4.13. The summed E-state index contributed by atoms with van der Waals surface area (Å²) in [7, 11) is 0. The van der Waals surface area contributed by atoms with Crippen molar-refractivity contribution >= 4 is 28.9 Å². The SMILES string of the molecule is CCOC(=O)c1ccc(Nc2cncc(C(=O)Nc3ccc(C#N)cc3)c2)cc1. The van der Waals surface area contributed by atoms with Crippen molar-refractivity contribution in [3.05, 3.63) is 83.7 Å². The number of esters is 1. The molecule has 29 heavy (non-hydrogen) atoms. The van der Waals surface area contributed by atoms with E-state index in [1.165, 1.54) is 6.20 Å². The van der Waals surface area contributed by atoms with E-state index in [-0.39, 0.29) is 11.9 Å². The highest BCUT2D eigenvalue weighted by Crippen LogP contribution is 2.19. The summed E-state index contributed by atoms with van der Waals surface area (Å²) in [5.41, 5.74) is 3.31. The molecule has 2 aromatic carbocycles. The van der Waals surface area contributed by atoms with Crippen molar-refractivity contribution in [1.29, 1.82) is 5.26 Å². The minimum Gasteiger partial charge on any atom is -0.462 e. The van der Waals surface area contributed by atoms with Gasteiger partial charge in [0, 0.05) is 17.6 Å². The Bertz CT molecular complexity index is 1050. The van der Waals surface area contributed by atoms with Gasteiger partial charge >= 0.3 is 5.97 Å². The molecule has 3 rings (SSSR count). The average molecular weight is 386 g/mol. The predicted molar refractivity (Wildman–Crippen MR) is 109 cm³/mol. The van der Waals surface area contributed by atoms with Crippen LogP contribution >= 0.6 is 0 Å². The molecule has 0 radical (unpaired) electrons. The number of rotatable bonds is 6. The van der Waals surface area contributed by atoms with Gasteiger partial charge in [-0.05, 0) is 61.5 Å². The topological polar surface area (TPSA) is 104 Å². The Hall–Kier alpha value is -4.18. The standard InChI is InChI=1S/C22H18N4O3/c1-2-29-22(28)16-5-9-18(10-6-16)25-20-11-17(13-24-14-20)21(27)26-19-7-3-15(12-23)4-8-19/h3-11,13-14,25H,2H2,1H3,(H,26,27). The van der Waals surface area contributed by atoms with Crippen molar-refractivity contribution in [1.82, 2.24) is 4.98 Å². The number of nitrogens with one attached hydrogen (secondary N) is 2. The highest BCUT2D eigenvalue weighted by atomic mass is 16.5. The number of carbonyl (C=O) groups excluding carboxylic acids is 2. The molecular weight excluding hydrogens is 368 g/mol. The van der Waals surface area contributed by atoms with E-state index < -0.39 is 0 Å². The minimum absolute atomic E-state index is 0.316. The van der Waals surface area contributed by atoms with Gasteiger partial charge in [0.2, 0.25) is 0 Å². The quantitative estimate of drug-likeness (QED) is 0.618. The Morgan fingerprint density at radius 2 is 1.66 bits per heavy atom. The maximum atomic E-state index is 12.5. The third-order valence-corrected chi connectivity index (χ3v) is 3.96.